The highest BCUT2D eigenvalue weighted by molar-refractivity contribution is 5.57. The van der Waals surface area contributed by atoms with Crippen LogP contribution in [0.3, 0.4) is 0 Å². The van der Waals surface area contributed by atoms with Crippen LogP contribution in [0, 0.1) is 0 Å². The van der Waals surface area contributed by atoms with Crippen LogP contribution in [0.15, 0.2) is 72.8 Å². The van der Waals surface area contributed by atoms with Gasteiger partial charge in [-0.2, -0.15) is 105 Å². The highest BCUT2D eigenvalue weighted by Gasteiger charge is 2.50. The van der Waals surface area contributed by atoms with Crippen LogP contribution in [0.25, 0.3) is 0 Å². The summed E-state index contributed by atoms with van der Waals surface area (Å²) in [5, 5.41) is 0.638. The van der Waals surface area contributed by atoms with E-state index in [1.54, 1.807) is 0 Å². The molecule has 348 valence electrons. The molecule has 0 saturated carbocycles. The van der Waals surface area contributed by atoms with Gasteiger partial charge in [0.2, 0.25) is 0 Å². The van der Waals surface area contributed by atoms with E-state index in [1.165, 1.54) is 6.92 Å². The molecule has 1 unspecified atom stereocenters. The highest BCUT2D eigenvalue weighted by Crippen LogP contribution is 2.53. The van der Waals surface area contributed by atoms with Crippen molar-refractivity contribution in [1.82, 2.24) is 0 Å². The zero-order valence-electron chi connectivity index (χ0n) is 30.8. The van der Waals surface area contributed by atoms with E-state index in [1.807, 2.05) is 0 Å². The molecule has 0 aliphatic rings. The molecule has 0 spiro atoms. The SMILES string of the molecule is CCC[NH2+]C(CC(c1cc(C(F)(F)F)cc(C(F)(F)F)c1)(c1cc(C(F)(F)F)cc(C(F)(F)F)c1)c1cc(C(F)(F)F)cc(C(F)(F)F)c1)c1cc(C(F)(F)F)cc(C(F)(F)F)c1. The molecule has 0 fully saturated rings. The lowest BCUT2D eigenvalue weighted by Gasteiger charge is -2.40. The molecule has 0 heterocycles. The molecule has 0 aliphatic carbocycles. The van der Waals surface area contributed by atoms with Crippen molar-refractivity contribution in [1.29, 1.82) is 0 Å². The molecule has 0 aliphatic heterocycles. The predicted molar refractivity (Wildman–Crippen MR) is 170 cm³/mol. The van der Waals surface area contributed by atoms with Gasteiger partial charge in [-0.1, -0.05) is 6.92 Å². The standard InChI is InChI=1S/C38H23F24N/c1-2-3-63-29(17-4-21(31(39,40)41)12-22(5-17)32(42,43)44)16-30(18-6-23(33(45,46)47)13-24(7-18)34(48,49)50,19-8-25(35(51,52)53)14-26(9-19)36(54,55)56)20-10-27(37(57,58)59)15-28(11-20)38(60,61)62/h4-15,29,63H,2-3,16H2,1H3/p+1. The van der Waals surface area contributed by atoms with E-state index in [4.69, 9.17) is 0 Å². The van der Waals surface area contributed by atoms with Gasteiger partial charge in [-0.05, 0) is 95.9 Å². The van der Waals surface area contributed by atoms with Gasteiger partial charge in [0.25, 0.3) is 0 Å². The fourth-order valence-corrected chi connectivity index (χ4v) is 6.69. The molecule has 4 rings (SSSR count). The minimum atomic E-state index is -6.02. The topological polar surface area (TPSA) is 16.6 Å². The van der Waals surface area contributed by atoms with Crippen molar-refractivity contribution in [3.63, 3.8) is 0 Å². The van der Waals surface area contributed by atoms with Gasteiger partial charge in [-0.15, -0.1) is 0 Å². The minimum Gasteiger partial charge on any atom is -0.340 e. The average Bonchev–Trinajstić information content (AvgIpc) is 3.11. The molecule has 63 heavy (non-hydrogen) atoms. The van der Waals surface area contributed by atoms with Crippen LogP contribution >= 0.6 is 0 Å². The van der Waals surface area contributed by atoms with Gasteiger partial charge in [0.1, 0.15) is 6.04 Å². The second-order valence-corrected chi connectivity index (χ2v) is 14.0. The Hall–Kier alpha value is -4.84. The summed E-state index contributed by atoms with van der Waals surface area (Å²) >= 11 is 0. The summed E-state index contributed by atoms with van der Waals surface area (Å²) < 4.78 is 344. The lowest BCUT2D eigenvalue weighted by Crippen LogP contribution is -2.85. The zero-order chi connectivity index (χ0) is 48.3. The Kier molecular flexibility index (Phi) is 13.4. The van der Waals surface area contributed by atoms with E-state index in [2.05, 4.69) is 0 Å². The summed E-state index contributed by atoms with van der Waals surface area (Å²) in [5.74, 6) is 0. The van der Waals surface area contributed by atoms with Gasteiger partial charge in [-0.3, -0.25) is 0 Å². The molecule has 2 N–H and O–H groups in total. The normalized spacial score (nSPS) is 14.6. The van der Waals surface area contributed by atoms with Crippen LogP contribution in [0.2, 0.25) is 0 Å². The molecule has 0 aromatic heterocycles. The Morgan fingerprint density at radius 3 is 0.698 bits per heavy atom. The summed E-state index contributed by atoms with van der Waals surface area (Å²) in [6.45, 7) is 0.656. The van der Waals surface area contributed by atoms with Crippen molar-refractivity contribution < 1.29 is 111 Å². The third-order valence-electron chi connectivity index (χ3n) is 9.55. The maximum atomic E-state index is 14.4. The second kappa shape index (κ2) is 16.6. The third-order valence-corrected chi connectivity index (χ3v) is 9.55. The van der Waals surface area contributed by atoms with Crippen molar-refractivity contribution in [3.05, 3.63) is 140 Å². The van der Waals surface area contributed by atoms with E-state index in [0.717, 1.165) is 0 Å². The van der Waals surface area contributed by atoms with Crippen molar-refractivity contribution in [3.8, 4) is 0 Å². The molecule has 4 aromatic rings. The van der Waals surface area contributed by atoms with E-state index >= 15 is 0 Å². The van der Waals surface area contributed by atoms with Crippen LogP contribution in [-0.4, -0.2) is 6.54 Å². The maximum Gasteiger partial charge on any atom is 0.416 e. The van der Waals surface area contributed by atoms with E-state index in [0.29, 0.717) is 5.32 Å². The van der Waals surface area contributed by atoms with Gasteiger partial charge in [0.05, 0.1) is 56.5 Å². The molecule has 0 bridgehead atoms. The summed E-state index contributed by atoms with van der Waals surface area (Å²) in [6.07, 6.45) is -49.8. The second-order valence-electron chi connectivity index (χ2n) is 14.0. The molecule has 0 radical (unpaired) electrons. The lowest BCUT2D eigenvalue weighted by atomic mass is 9.63. The van der Waals surface area contributed by atoms with Crippen molar-refractivity contribution in [2.75, 3.05) is 6.54 Å². The van der Waals surface area contributed by atoms with Crippen molar-refractivity contribution >= 4 is 0 Å². The monoisotopic (exact) mass is 950 g/mol. The molecule has 1 nitrogen and oxygen atoms in total. The molecule has 4 aromatic carbocycles. The van der Waals surface area contributed by atoms with Gasteiger partial charge >= 0.3 is 49.4 Å². The smallest absolute Gasteiger partial charge is 0.340 e. The maximum absolute atomic E-state index is 14.4. The Morgan fingerprint density at radius 2 is 0.508 bits per heavy atom. The van der Waals surface area contributed by atoms with Crippen molar-refractivity contribution in [2.45, 2.75) is 80.6 Å². The summed E-state index contributed by atoms with van der Waals surface area (Å²) in [7, 11) is 0. The number of hydrogen-bond acceptors (Lipinski definition) is 0. The minimum absolute atomic E-state index is 0.120. The average molecular weight is 951 g/mol. The predicted octanol–water partition coefficient (Wildman–Crippen LogP) is 14.3. The lowest BCUT2D eigenvalue weighted by molar-refractivity contribution is -0.697. The first-order chi connectivity index (χ1) is 28.2. The Morgan fingerprint density at radius 1 is 0.317 bits per heavy atom. The fourth-order valence-electron chi connectivity index (χ4n) is 6.69. The molecule has 0 saturated heterocycles. The Balaban J connectivity index is 2.50. The first-order valence-corrected chi connectivity index (χ1v) is 17.2. The van der Waals surface area contributed by atoms with E-state index in [-0.39, 0.29) is 18.6 Å². The van der Waals surface area contributed by atoms with Gasteiger partial charge in [0.15, 0.2) is 0 Å². The molecule has 0 amide bonds. The number of benzene rings is 4. The van der Waals surface area contributed by atoms with Crippen LogP contribution < -0.4 is 5.32 Å². The molecule has 25 heteroatoms. The number of quaternary nitrogens is 1. The molecular formula is C38H24F24N+. The van der Waals surface area contributed by atoms with E-state index < -0.39 is 201 Å². The Labute approximate surface area is 337 Å². The van der Waals surface area contributed by atoms with Crippen LogP contribution in [0.1, 0.15) is 92.6 Å². The van der Waals surface area contributed by atoms with Crippen LogP contribution in [-0.2, 0) is 54.8 Å². The third kappa shape index (κ3) is 11.7. The summed E-state index contributed by atoms with van der Waals surface area (Å²) in [4.78, 5) is 0. The first-order valence-electron chi connectivity index (χ1n) is 17.2. The molecule has 1 atom stereocenters. The summed E-state index contributed by atoms with van der Waals surface area (Å²) in [6, 6.07) is -8.17. The van der Waals surface area contributed by atoms with Crippen LogP contribution in [0.5, 0.6) is 0 Å². The highest BCUT2D eigenvalue weighted by atomic mass is 19.4. The largest absolute Gasteiger partial charge is 0.416 e. The Bertz CT molecular complexity index is 1950. The fraction of sp³-hybridized carbons (Fsp3) is 0.368. The number of halogens is 24. The summed E-state index contributed by atoms with van der Waals surface area (Å²) in [5.41, 5.74) is -30.7. The first kappa shape index (κ1) is 50.8. The number of alkyl halides is 24. The number of rotatable bonds is 9. The number of nitrogens with two attached hydrogens (primary N) is 1. The quantitative estimate of drug-likeness (QED) is 0.127. The molecular weight excluding hydrogens is 926 g/mol. The van der Waals surface area contributed by atoms with Gasteiger partial charge in [0, 0.05) is 12.0 Å². The van der Waals surface area contributed by atoms with E-state index in [9.17, 15) is 105 Å². The number of hydrogen-bond donors (Lipinski definition) is 1. The van der Waals surface area contributed by atoms with Gasteiger partial charge < -0.3 is 5.32 Å². The zero-order valence-corrected chi connectivity index (χ0v) is 30.8. The van der Waals surface area contributed by atoms with Crippen LogP contribution in [0.4, 0.5) is 105 Å². The van der Waals surface area contributed by atoms with Gasteiger partial charge in [-0.25, -0.2) is 0 Å². The van der Waals surface area contributed by atoms with Crippen molar-refractivity contribution in [2.24, 2.45) is 0 Å².